The van der Waals surface area contributed by atoms with Gasteiger partial charge in [0.05, 0.1) is 18.8 Å². The lowest BCUT2D eigenvalue weighted by molar-refractivity contribution is 0.236. The monoisotopic (exact) mass is 288 g/mol. The molecule has 1 aromatic rings. The van der Waals surface area contributed by atoms with E-state index in [2.05, 4.69) is 0 Å². The Labute approximate surface area is 123 Å². The van der Waals surface area contributed by atoms with Gasteiger partial charge in [0, 0.05) is 5.46 Å². The minimum absolute atomic E-state index is 0.0419. The largest absolute Gasteiger partial charge is 0.495 e. The van der Waals surface area contributed by atoms with E-state index in [1.807, 2.05) is 12.1 Å². The van der Waals surface area contributed by atoms with Crippen molar-refractivity contribution >= 4 is 12.6 Å². The summed E-state index contributed by atoms with van der Waals surface area (Å²) in [6.07, 6.45) is 2.14. The van der Waals surface area contributed by atoms with Crippen molar-refractivity contribution in [2.45, 2.75) is 38.0 Å². The highest BCUT2D eigenvalue weighted by atomic mass is 16.5. The summed E-state index contributed by atoms with van der Waals surface area (Å²) in [6, 6.07) is 5.59. The van der Waals surface area contributed by atoms with Crippen LogP contribution in [-0.2, 0) is 11.3 Å². The van der Waals surface area contributed by atoms with Crippen molar-refractivity contribution in [3.63, 3.8) is 0 Å². The summed E-state index contributed by atoms with van der Waals surface area (Å²) in [5.41, 5.74) is 6.20. The number of nitriles is 1. The van der Waals surface area contributed by atoms with Crippen LogP contribution in [0.4, 0.5) is 0 Å². The molecule has 0 bridgehead atoms. The first-order chi connectivity index (χ1) is 10.00. The summed E-state index contributed by atoms with van der Waals surface area (Å²) in [7, 11) is -1.00. The predicted molar refractivity (Wildman–Crippen MR) is 76.2 cm³/mol. The molecule has 1 aliphatic carbocycles. The quantitative estimate of drug-likeness (QED) is 0.744. The van der Waals surface area contributed by atoms with Gasteiger partial charge < -0.3 is 24.9 Å². The van der Waals surface area contributed by atoms with Crippen molar-refractivity contribution in [1.29, 1.82) is 5.26 Å². The van der Waals surface area contributed by atoms with Crippen molar-refractivity contribution in [2.75, 3.05) is 6.61 Å². The van der Waals surface area contributed by atoms with Crippen molar-refractivity contribution in [3.05, 3.63) is 17.7 Å². The van der Waals surface area contributed by atoms with E-state index in [4.69, 9.17) is 25.1 Å². The summed E-state index contributed by atoms with van der Waals surface area (Å²) < 4.78 is 16.8. The zero-order chi connectivity index (χ0) is 15.0. The van der Waals surface area contributed by atoms with Gasteiger partial charge in [0.25, 0.3) is 0 Å². The van der Waals surface area contributed by atoms with E-state index in [1.165, 1.54) is 0 Å². The normalized spacial score (nSPS) is 19.6. The standard InChI is InChI=1S/C14H17BN2O4/c1-14(17,7-16)8-19-11-5-2-9-6-20-15(18)12(9)13(11)21-10-3-4-10/h2,5,10,18H,3-4,6,8,17H2,1H3/t14-/m1/s1. The summed E-state index contributed by atoms with van der Waals surface area (Å²) in [4.78, 5) is 0. The third kappa shape index (κ3) is 2.98. The highest BCUT2D eigenvalue weighted by Crippen LogP contribution is 2.35. The molecular weight excluding hydrogens is 271 g/mol. The molecule has 1 aliphatic heterocycles. The second kappa shape index (κ2) is 5.22. The molecule has 0 aromatic heterocycles. The van der Waals surface area contributed by atoms with E-state index in [9.17, 15) is 5.02 Å². The van der Waals surface area contributed by atoms with Crippen LogP contribution in [0.3, 0.4) is 0 Å². The van der Waals surface area contributed by atoms with Gasteiger partial charge in [-0.25, -0.2) is 0 Å². The molecule has 0 radical (unpaired) electrons. The van der Waals surface area contributed by atoms with Crippen molar-refractivity contribution in [3.8, 4) is 17.6 Å². The molecule has 0 unspecified atom stereocenters. The van der Waals surface area contributed by atoms with E-state index in [0.717, 1.165) is 18.4 Å². The first-order valence-electron chi connectivity index (χ1n) is 6.95. The Bertz CT molecular complexity index is 595. The average Bonchev–Trinajstić information content (AvgIpc) is 3.20. The Hall–Kier alpha value is -1.75. The maximum absolute atomic E-state index is 9.96. The lowest BCUT2D eigenvalue weighted by atomic mass is 9.78. The molecule has 1 aromatic carbocycles. The fraction of sp³-hybridized carbons (Fsp3) is 0.500. The van der Waals surface area contributed by atoms with Crippen LogP contribution < -0.4 is 20.7 Å². The maximum Gasteiger partial charge on any atom is 0.495 e. The SMILES string of the molecule is C[C@@](N)(C#N)COc1ccc2c(c1OC1CC1)B(O)OC2. The fourth-order valence-corrected chi connectivity index (χ4v) is 2.12. The second-order valence-electron chi connectivity index (χ2n) is 5.76. The molecule has 3 rings (SSSR count). The van der Waals surface area contributed by atoms with Gasteiger partial charge in [0.2, 0.25) is 0 Å². The summed E-state index contributed by atoms with van der Waals surface area (Å²) in [5, 5.41) is 18.9. The molecule has 1 atom stereocenters. The average molecular weight is 288 g/mol. The Morgan fingerprint density at radius 1 is 1.57 bits per heavy atom. The van der Waals surface area contributed by atoms with E-state index in [0.29, 0.717) is 23.6 Å². The fourth-order valence-electron chi connectivity index (χ4n) is 2.12. The van der Waals surface area contributed by atoms with Crippen LogP contribution >= 0.6 is 0 Å². The Morgan fingerprint density at radius 3 is 3.00 bits per heavy atom. The lowest BCUT2D eigenvalue weighted by Gasteiger charge is -2.20. The van der Waals surface area contributed by atoms with E-state index >= 15 is 0 Å². The van der Waals surface area contributed by atoms with E-state index in [-0.39, 0.29) is 12.7 Å². The zero-order valence-corrected chi connectivity index (χ0v) is 11.8. The number of fused-ring (bicyclic) bond motifs is 1. The molecule has 110 valence electrons. The Balaban J connectivity index is 1.89. The molecule has 7 heteroatoms. The highest BCUT2D eigenvalue weighted by molar-refractivity contribution is 6.62. The number of nitrogens with zero attached hydrogens (tertiary/aromatic N) is 1. The van der Waals surface area contributed by atoms with Crippen LogP contribution in [0.1, 0.15) is 25.3 Å². The lowest BCUT2D eigenvalue weighted by Crippen LogP contribution is -2.41. The smallest absolute Gasteiger partial charge is 0.487 e. The van der Waals surface area contributed by atoms with Crippen LogP contribution in [-0.4, -0.2) is 30.4 Å². The third-order valence-electron chi connectivity index (χ3n) is 3.49. The van der Waals surface area contributed by atoms with Gasteiger partial charge in [0.15, 0.2) is 11.5 Å². The van der Waals surface area contributed by atoms with Gasteiger partial charge >= 0.3 is 7.12 Å². The number of nitrogens with two attached hydrogens (primary N) is 1. The van der Waals surface area contributed by atoms with Gasteiger partial charge in [-0.3, -0.25) is 0 Å². The van der Waals surface area contributed by atoms with Gasteiger partial charge in [-0.15, -0.1) is 0 Å². The molecule has 1 saturated carbocycles. The van der Waals surface area contributed by atoms with Gasteiger partial charge in [-0.05, 0) is 31.4 Å². The first kappa shape index (κ1) is 14.2. The second-order valence-corrected chi connectivity index (χ2v) is 5.76. The molecule has 21 heavy (non-hydrogen) atoms. The topological polar surface area (TPSA) is 97.7 Å². The highest BCUT2D eigenvalue weighted by Gasteiger charge is 2.36. The number of ether oxygens (including phenoxy) is 2. The molecule has 0 spiro atoms. The predicted octanol–water partition coefficient (Wildman–Crippen LogP) is 0.0653. The molecule has 3 N–H and O–H groups in total. The summed E-state index contributed by atoms with van der Waals surface area (Å²) >= 11 is 0. The number of hydrogen-bond donors (Lipinski definition) is 2. The van der Waals surface area contributed by atoms with E-state index < -0.39 is 12.7 Å². The maximum atomic E-state index is 9.96. The van der Waals surface area contributed by atoms with Gasteiger partial charge in [0.1, 0.15) is 12.1 Å². The molecular formula is C14H17BN2O4. The molecule has 1 fully saturated rings. The summed E-state index contributed by atoms with van der Waals surface area (Å²) in [6.45, 7) is 1.99. The van der Waals surface area contributed by atoms with Crippen LogP contribution in [0.2, 0.25) is 0 Å². The third-order valence-corrected chi connectivity index (χ3v) is 3.49. The van der Waals surface area contributed by atoms with Crippen molar-refractivity contribution < 1.29 is 19.2 Å². The number of benzene rings is 1. The molecule has 2 aliphatic rings. The zero-order valence-electron chi connectivity index (χ0n) is 11.8. The molecule has 0 amide bonds. The minimum Gasteiger partial charge on any atom is -0.487 e. The van der Waals surface area contributed by atoms with Crippen LogP contribution in [0, 0.1) is 11.3 Å². The van der Waals surface area contributed by atoms with Crippen LogP contribution in [0.25, 0.3) is 0 Å². The first-order valence-corrected chi connectivity index (χ1v) is 6.95. The number of rotatable bonds is 5. The van der Waals surface area contributed by atoms with E-state index in [1.54, 1.807) is 13.0 Å². The van der Waals surface area contributed by atoms with Gasteiger partial charge in [-0.1, -0.05) is 6.07 Å². The minimum atomic E-state index is -1.08. The Morgan fingerprint density at radius 2 is 2.33 bits per heavy atom. The van der Waals surface area contributed by atoms with Crippen LogP contribution in [0.15, 0.2) is 12.1 Å². The molecule has 0 saturated heterocycles. The molecule has 1 heterocycles. The van der Waals surface area contributed by atoms with Crippen molar-refractivity contribution in [2.24, 2.45) is 5.73 Å². The van der Waals surface area contributed by atoms with Gasteiger partial charge in [-0.2, -0.15) is 5.26 Å². The summed E-state index contributed by atoms with van der Waals surface area (Å²) in [5.74, 6) is 0.992. The van der Waals surface area contributed by atoms with Crippen molar-refractivity contribution in [1.82, 2.24) is 0 Å². The molecule has 6 nitrogen and oxygen atoms in total. The Kier molecular flexibility index (Phi) is 3.53. The van der Waals surface area contributed by atoms with Crippen LogP contribution in [0.5, 0.6) is 11.5 Å². The number of hydrogen-bond acceptors (Lipinski definition) is 6.